The molecule has 0 amide bonds. The maximum Gasteiger partial charge on any atom is -0.0136 e. The quantitative estimate of drug-likeness (QED) is 0.382. The van der Waals surface area contributed by atoms with E-state index in [9.17, 15) is 0 Å². The van der Waals surface area contributed by atoms with Gasteiger partial charge in [0.25, 0.3) is 0 Å². The first kappa shape index (κ1) is 8.58. The summed E-state index contributed by atoms with van der Waals surface area (Å²) >= 11 is 0. The van der Waals surface area contributed by atoms with E-state index >= 15 is 0 Å². The van der Waals surface area contributed by atoms with Crippen LogP contribution in [0.2, 0.25) is 0 Å². The van der Waals surface area contributed by atoms with Crippen molar-refractivity contribution >= 4 is 0 Å². The zero-order chi connectivity index (χ0) is 7.94. The maximum absolute atomic E-state index is 3.71. The molecule has 0 spiro atoms. The first-order valence-electron chi connectivity index (χ1n) is 4.72. The van der Waals surface area contributed by atoms with E-state index in [1.807, 2.05) is 6.08 Å². The summed E-state index contributed by atoms with van der Waals surface area (Å²) in [6.07, 6.45) is 13.8. The summed E-state index contributed by atoms with van der Waals surface area (Å²) in [6, 6.07) is 0. The Hall–Kier alpha value is -0.520. The third-order valence-corrected chi connectivity index (χ3v) is 2.15. The summed E-state index contributed by atoms with van der Waals surface area (Å²) in [7, 11) is 0. The maximum atomic E-state index is 3.71. The van der Waals surface area contributed by atoms with Crippen LogP contribution in [0.4, 0.5) is 0 Å². The van der Waals surface area contributed by atoms with Gasteiger partial charge in [-0.1, -0.05) is 30.6 Å². The summed E-state index contributed by atoms with van der Waals surface area (Å²) in [5.74, 6) is 0. The zero-order valence-corrected chi connectivity index (χ0v) is 7.31. The Morgan fingerprint density at radius 3 is 2.64 bits per heavy atom. The second-order valence-electron chi connectivity index (χ2n) is 3.31. The Balaban J connectivity index is 1.72. The third kappa shape index (κ3) is 4.83. The Labute approximate surface area is 70.0 Å². The molecule has 0 heteroatoms. The molecule has 0 aromatic rings. The highest BCUT2D eigenvalue weighted by Crippen LogP contribution is 2.24. The van der Waals surface area contributed by atoms with Crippen LogP contribution in [0.3, 0.4) is 0 Å². The smallest absolute Gasteiger partial charge is 0.0136 e. The lowest BCUT2D eigenvalue weighted by molar-refractivity contribution is 0.648. The SMILES string of the molecule is C=CCCCCCCC1=CC1. The molecule has 1 aliphatic rings. The molecule has 0 radical (unpaired) electrons. The second kappa shape index (κ2) is 5.17. The van der Waals surface area contributed by atoms with Gasteiger partial charge in [0.15, 0.2) is 0 Å². The van der Waals surface area contributed by atoms with Crippen LogP contribution in [0.25, 0.3) is 0 Å². The van der Waals surface area contributed by atoms with Crippen LogP contribution in [-0.4, -0.2) is 0 Å². The topological polar surface area (TPSA) is 0 Å². The summed E-state index contributed by atoms with van der Waals surface area (Å²) in [5.41, 5.74) is 1.69. The molecule has 0 fully saturated rings. The number of unbranched alkanes of at least 4 members (excludes halogenated alkanes) is 4. The van der Waals surface area contributed by atoms with E-state index in [2.05, 4.69) is 12.7 Å². The zero-order valence-electron chi connectivity index (χ0n) is 7.31. The van der Waals surface area contributed by atoms with E-state index < -0.39 is 0 Å². The standard InChI is InChI=1S/C11H18/c1-2-3-4-5-6-7-8-11-9-10-11/h2,9H,1,3-8,10H2. The van der Waals surface area contributed by atoms with Gasteiger partial charge in [0.2, 0.25) is 0 Å². The predicted molar refractivity (Wildman–Crippen MR) is 50.6 cm³/mol. The highest BCUT2D eigenvalue weighted by molar-refractivity contribution is 5.21. The van der Waals surface area contributed by atoms with Crippen LogP contribution < -0.4 is 0 Å². The lowest BCUT2D eigenvalue weighted by Gasteiger charge is -1.96. The normalized spacial score (nSPS) is 14.4. The third-order valence-electron chi connectivity index (χ3n) is 2.15. The van der Waals surface area contributed by atoms with Crippen molar-refractivity contribution in [1.82, 2.24) is 0 Å². The van der Waals surface area contributed by atoms with Crippen LogP contribution in [-0.2, 0) is 0 Å². The largest absolute Gasteiger partial charge is 0.103 e. The molecule has 0 saturated heterocycles. The van der Waals surface area contributed by atoms with E-state index in [0.717, 1.165) is 0 Å². The highest BCUT2D eigenvalue weighted by atomic mass is 14.1. The van der Waals surface area contributed by atoms with Gasteiger partial charge in [-0.15, -0.1) is 6.58 Å². The van der Waals surface area contributed by atoms with Gasteiger partial charge in [0.1, 0.15) is 0 Å². The molecule has 11 heavy (non-hydrogen) atoms. The summed E-state index contributed by atoms with van der Waals surface area (Å²) in [5, 5.41) is 0. The molecule has 62 valence electrons. The fourth-order valence-electron chi connectivity index (χ4n) is 1.27. The average molecular weight is 150 g/mol. The van der Waals surface area contributed by atoms with Crippen molar-refractivity contribution in [3.8, 4) is 0 Å². The van der Waals surface area contributed by atoms with E-state index in [-0.39, 0.29) is 0 Å². The van der Waals surface area contributed by atoms with Gasteiger partial charge >= 0.3 is 0 Å². The molecule has 1 rings (SSSR count). The molecule has 0 heterocycles. The van der Waals surface area contributed by atoms with Gasteiger partial charge in [-0.05, 0) is 32.1 Å². The molecular weight excluding hydrogens is 132 g/mol. The monoisotopic (exact) mass is 150 g/mol. The number of allylic oxidation sites excluding steroid dienone is 3. The predicted octanol–water partition coefficient (Wildman–Crippen LogP) is 3.84. The molecule has 0 unspecified atom stereocenters. The van der Waals surface area contributed by atoms with Crippen molar-refractivity contribution in [3.63, 3.8) is 0 Å². The van der Waals surface area contributed by atoms with Gasteiger partial charge in [-0.3, -0.25) is 0 Å². The van der Waals surface area contributed by atoms with Gasteiger partial charge in [-0.2, -0.15) is 0 Å². The molecule has 0 aromatic heterocycles. The Bertz CT molecular complexity index is 142. The number of hydrogen-bond acceptors (Lipinski definition) is 0. The fraction of sp³-hybridized carbons (Fsp3) is 0.636. The molecular formula is C11H18. The fourth-order valence-corrected chi connectivity index (χ4v) is 1.27. The Morgan fingerprint density at radius 1 is 1.27 bits per heavy atom. The minimum absolute atomic E-state index is 1.20. The van der Waals surface area contributed by atoms with Crippen LogP contribution in [0.15, 0.2) is 24.3 Å². The van der Waals surface area contributed by atoms with Gasteiger partial charge in [0.05, 0.1) is 0 Å². The number of hydrogen-bond donors (Lipinski definition) is 0. The lowest BCUT2D eigenvalue weighted by Crippen LogP contribution is -1.76. The van der Waals surface area contributed by atoms with E-state index in [1.165, 1.54) is 44.9 Å². The van der Waals surface area contributed by atoms with E-state index in [1.54, 1.807) is 5.57 Å². The lowest BCUT2D eigenvalue weighted by atomic mass is 10.1. The molecule has 1 aliphatic carbocycles. The summed E-state index contributed by atoms with van der Waals surface area (Å²) < 4.78 is 0. The van der Waals surface area contributed by atoms with Crippen molar-refractivity contribution < 1.29 is 0 Å². The van der Waals surface area contributed by atoms with Crippen molar-refractivity contribution in [2.24, 2.45) is 0 Å². The van der Waals surface area contributed by atoms with Crippen LogP contribution in [0.1, 0.15) is 44.9 Å². The van der Waals surface area contributed by atoms with Gasteiger partial charge in [-0.25, -0.2) is 0 Å². The van der Waals surface area contributed by atoms with Crippen molar-refractivity contribution in [2.75, 3.05) is 0 Å². The van der Waals surface area contributed by atoms with Crippen LogP contribution in [0, 0.1) is 0 Å². The Kier molecular flexibility index (Phi) is 4.03. The molecule has 0 aliphatic heterocycles. The van der Waals surface area contributed by atoms with E-state index in [0.29, 0.717) is 0 Å². The molecule has 0 bridgehead atoms. The van der Waals surface area contributed by atoms with Crippen LogP contribution >= 0.6 is 0 Å². The summed E-state index contributed by atoms with van der Waals surface area (Å²) in [6.45, 7) is 3.71. The molecule has 0 atom stereocenters. The number of rotatable bonds is 7. The minimum Gasteiger partial charge on any atom is -0.103 e. The van der Waals surface area contributed by atoms with Gasteiger partial charge < -0.3 is 0 Å². The first-order valence-corrected chi connectivity index (χ1v) is 4.72. The van der Waals surface area contributed by atoms with Crippen LogP contribution in [0.5, 0.6) is 0 Å². The van der Waals surface area contributed by atoms with Crippen molar-refractivity contribution in [1.29, 1.82) is 0 Å². The van der Waals surface area contributed by atoms with Crippen molar-refractivity contribution in [3.05, 3.63) is 24.3 Å². The second-order valence-corrected chi connectivity index (χ2v) is 3.31. The minimum atomic E-state index is 1.20. The average Bonchev–Trinajstić information content (AvgIpc) is 2.80. The molecule has 0 nitrogen and oxygen atoms in total. The first-order chi connectivity index (χ1) is 5.43. The van der Waals surface area contributed by atoms with E-state index in [4.69, 9.17) is 0 Å². The molecule has 0 saturated carbocycles. The van der Waals surface area contributed by atoms with Crippen molar-refractivity contribution in [2.45, 2.75) is 44.9 Å². The summed E-state index contributed by atoms with van der Waals surface area (Å²) in [4.78, 5) is 0. The molecule has 0 N–H and O–H groups in total. The molecule has 0 aromatic carbocycles. The Morgan fingerprint density at radius 2 is 2.00 bits per heavy atom. The van der Waals surface area contributed by atoms with Gasteiger partial charge in [0, 0.05) is 0 Å². The highest BCUT2D eigenvalue weighted by Gasteiger charge is 2.04.